The van der Waals surface area contributed by atoms with Crippen molar-refractivity contribution in [2.45, 2.75) is 19.5 Å². The van der Waals surface area contributed by atoms with Crippen LogP contribution in [0.1, 0.15) is 24.1 Å². The summed E-state index contributed by atoms with van der Waals surface area (Å²) in [5, 5.41) is 21.7. The molecule has 0 radical (unpaired) electrons. The van der Waals surface area contributed by atoms with Crippen LogP contribution >= 0.6 is 0 Å². The molecule has 3 N–H and O–H groups in total. The maximum atomic E-state index is 13.6. The van der Waals surface area contributed by atoms with Gasteiger partial charge >= 0.3 is 0 Å². The highest BCUT2D eigenvalue weighted by Gasteiger charge is 2.11. The lowest BCUT2D eigenvalue weighted by Gasteiger charge is -2.15. The van der Waals surface area contributed by atoms with Crippen molar-refractivity contribution in [2.24, 2.45) is 0 Å². The highest BCUT2D eigenvalue weighted by molar-refractivity contribution is 5.40. The maximum absolute atomic E-state index is 13.6. The Labute approximate surface area is 115 Å². The average Bonchev–Trinajstić information content (AvgIpc) is 2.40. The minimum atomic E-state index is -0.609. The van der Waals surface area contributed by atoms with Crippen molar-refractivity contribution >= 4 is 0 Å². The topological polar surface area (TPSA) is 52.5 Å². The Balaban J connectivity index is 2.04. The second-order valence-corrected chi connectivity index (χ2v) is 4.59. The molecule has 0 aliphatic rings. The molecule has 1 unspecified atom stereocenters. The standard InChI is InChI=1S/C15H15F2NO2/c1-9(12-4-3-11(16)7-13(12)17)18-8-10-2-5-14(19)15(20)6-10/h2-7,9,18-20H,8H2,1H3. The zero-order chi connectivity index (χ0) is 14.7. The van der Waals surface area contributed by atoms with E-state index in [-0.39, 0.29) is 17.5 Å². The number of halogens is 2. The predicted octanol–water partition coefficient (Wildman–Crippen LogP) is 3.23. The minimum absolute atomic E-state index is 0.189. The van der Waals surface area contributed by atoms with Crippen molar-refractivity contribution in [3.8, 4) is 11.5 Å². The predicted molar refractivity (Wildman–Crippen MR) is 71.4 cm³/mol. The summed E-state index contributed by atoms with van der Waals surface area (Å²) < 4.78 is 26.4. The van der Waals surface area contributed by atoms with Crippen LogP contribution in [0.5, 0.6) is 11.5 Å². The van der Waals surface area contributed by atoms with Gasteiger partial charge in [0.1, 0.15) is 11.6 Å². The van der Waals surface area contributed by atoms with Crippen molar-refractivity contribution in [3.05, 3.63) is 59.2 Å². The molecule has 0 saturated carbocycles. The van der Waals surface area contributed by atoms with Crippen molar-refractivity contribution in [2.75, 3.05) is 0 Å². The summed E-state index contributed by atoms with van der Waals surface area (Å²) in [6, 6.07) is 7.60. The van der Waals surface area contributed by atoms with Crippen molar-refractivity contribution in [1.82, 2.24) is 5.32 Å². The number of hydrogen-bond donors (Lipinski definition) is 3. The summed E-state index contributed by atoms with van der Waals surface area (Å²) >= 11 is 0. The Morgan fingerprint density at radius 1 is 1.05 bits per heavy atom. The van der Waals surface area contributed by atoms with Gasteiger partial charge in [-0.1, -0.05) is 12.1 Å². The maximum Gasteiger partial charge on any atom is 0.157 e. The highest BCUT2D eigenvalue weighted by atomic mass is 19.1. The van der Waals surface area contributed by atoms with Gasteiger partial charge in [-0.3, -0.25) is 0 Å². The molecule has 0 spiro atoms. The number of rotatable bonds is 4. The second kappa shape index (κ2) is 5.88. The van der Waals surface area contributed by atoms with E-state index in [1.54, 1.807) is 13.0 Å². The van der Waals surface area contributed by atoms with Crippen LogP contribution in [-0.2, 0) is 6.54 Å². The first-order chi connectivity index (χ1) is 9.47. The fourth-order valence-corrected chi connectivity index (χ4v) is 1.91. The molecular formula is C15H15F2NO2. The molecule has 106 valence electrons. The average molecular weight is 279 g/mol. The molecule has 0 aliphatic heterocycles. The Morgan fingerprint density at radius 3 is 2.45 bits per heavy atom. The van der Waals surface area contributed by atoms with Gasteiger partial charge in [-0.15, -0.1) is 0 Å². The first-order valence-corrected chi connectivity index (χ1v) is 6.16. The van der Waals surface area contributed by atoms with E-state index in [0.29, 0.717) is 12.1 Å². The summed E-state index contributed by atoms with van der Waals surface area (Å²) in [5.74, 6) is -1.60. The van der Waals surface area contributed by atoms with Gasteiger partial charge in [0, 0.05) is 24.2 Å². The van der Waals surface area contributed by atoms with Crippen LogP contribution in [0.25, 0.3) is 0 Å². The third-order valence-corrected chi connectivity index (χ3v) is 3.08. The van der Waals surface area contributed by atoms with Gasteiger partial charge in [0.05, 0.1) is 0 Å². The highest BCUT2D eigenvalue weighted by Crippen LogP contribution is 2.25. The third-order valence-electron chi connectivity index (χ3n) is 3.08. The van der Waals surface area contributed by atoms with Crippen LogP contribution in [0.2, 0.25) is 0 Å². The van der Waals surface area contributed by atoms with Crippen molar-refractivity contribution in [1.29, 1.82) is 0 Å². The van der Waals surface area contributed by atoms with Crippen LogP contribution in [0, 0.1) is 11.6 Å². The summed E-state index contributed by atoms with van der Waals surface area (Å²) in [7, 11) is 0. The van der Waals surface area contributed by atoms with E-state index in [9.17, 15) is 19.0 Å². The Hall–Kier alpha value is -2.14. The van der Waals surface area contributed by atoms with Gasteiger partial charge in [0.2, 0.25) is 0 Å². The fourth-order valence-electron chi connectivity index (χ4n) is 1.91. The van der Waals surface area contributed by atoms with Gasteiger partial charge in [-0.05, 0) is 30.7 Å². The molecule has 2 aromatic carbocycles. The molecule has 0 saturated heterocycles. The number of phenols is 2. The van der Waals surface area contributed by atoms with E-state index in [1.807, 2.05) is 0 Å². The summed E-state index contributed by atoms with van der Waals surface area (Å²) in [5.41, 5.74) is 1.11. The van der Waals surface area contributed by atoms with E-state index < -0.39 is 11.6 Å². The Morgan fingerprint density at radius 2 is 1.80 bits per heavy atom. The van der Waals surface area contributed by atoms with E-state index in [1.165, 1.54) is 24.3 Å². The lowest BCUT2D eigenvalue weighted by Crippen LogP contribution is -2.19. The van der Waals surface area contributed by atoms with Crippen LogP contribution in [0.15, 0.2) is 36.4 Å². The molecule has 0 amide bonds. The van der Waals surface area contributed by atoms with Gasteiger partial charge in [-0.2, -0.15) is 0 Å². The van der Waals surface area contributed by atoms with Crippen molar-refractivity contribution < 1.29 is 19.0 Å². The monoisotopic (exact) mass is 279 g/mol. The molecule has 0 fully saturated rings. The number of hydrogen-bond acceptors (Lipinski definition) is 3. The number of nitrogens with one attached hydrogen (secondary N) is 1. The van der Waals surface area contributed by atoms with Crippen LogP contribution in [-0.4, -0.2) is 10.2 Å². The zero-order valence-corrected chi connectivity index (χ0v) is 10.9. The lowest BCUT2D eigenvalue weighted by atomic mass is 10.1. The van der Waals surface area contributed by atoms with E-state index >= 15 is 0 Å². The van der Waals surface area contributed by atoms with E-state index in [4.69, 9.17) is 0 Å². The van der Waals surface area contributed by atoms with Crippen LogP contribution < -0.4 is 5.32 Å². The molecule has 20 heavy (non-hydrogen) atoms. The molecule has 0 bridgehead atoms. The third kappa shape index (κ3) is 3.24. The summed E-state index contributed by atoms with van der Waals surface area (Å²) in [4.78, 5) is 0. The van der Waals surface area contributed by atoms with Gasteiger partial charge in [0.15, 0.2) is 11.5 Å². The van der Waals surface area contributed by atoms with Crippen molar-refractivity contribution in [3.63, 3.8) is 0 Å². The van der Waals surface area contributed by atoms with Crippen LogP contribution in [0.4, 0.5) is 8.78 Å². The second-order valence-electron chi connectivity index (χ2n) is 4.59. The molecular weight excluding hydrogens is 264 g/mol. The molecule has 1 atom stereocenters. The number of aromatic hydroxyl groups is 2. The van der Waals surface area contributed by atoms with E-state index in [0.717, 1.165) is 11.6 Å². The minimum Gasteiger partial charge on any atom is -0.504 e. The number of benzene rings is 2. The zero-order valence-electron chi connectivity index (χ0n) is 10.9. The fraction of sp³-hybridized carbons (Fsp3) is 0.200. The Kier molecular flexibility index (Phi) is 4.20. The van der Waals surface area contributed by atoms with Crippen LogP contribution in [0.3, 0.4) is 0 Å². The summed E-state index contributed by atoms with van der Waals surface area (Å²) in [6.07, 6.45) is 0. The Bertz CT molecular complexity index is 617. The smallest absolute Gasteiger partial charge is 0.157 e. The molecule has 3 nitrogen and oxygen atoms in total. The lowest BCUT2D eigenvalue weighted by molar-refractivity contribution is 0.402. The number of phenolic OH excluding ortho intramolecular Hbond substituents is 2. The summed E-state index contributed by atoms with van der Waals surface area (Å²) in [6.45, 7) is 2.14. The van der Waals surface area contributed by atoms with Gasteiger partial charge < -0.3 is 15.5 Å². The van der Waals surface area contributed by atoms with Gasteiger partial charge in [0.25, 0.3) is 0 Å². The molecule has 0 heterocycles. The molecule has 2 aromatic rings. The van der Waals surface area contributed by atoms with Gasteiger partial charge in [-0.25, -0.2) is 8.78 Å². The molecule has 0 aromatic heterocycles. The van der Waals surface area contributed by atoms with E-state index in [2.05, 4.69) is 5.32 Å². The molecule has 0 aliphatic carbocycles. The quantitative estimate of drug-likeness (QED) is 0.753. The molecule has 2 rings (SSSR count). The normalized spacial score (nSPS) is 12.3. The first-order valence-electron chi connectivity index (χ1n) is 6.16. The first kappa shape index (κ1) is 14.3. The largest absolute Gasteiger partial charge is 0.504 e. The molecule has 5 heteroatoms. The SMILES string of the molecule is CC(NCc1ccc(O)c(O)c1)c1ccc(F)cc1F.